The molecule has 2 aromatic rings. The van der Waals surface area contributed by atoms with Gasteiger partial charge < -0.3 is 19.9 Å². The molecular weight excluding hydrogens is 312 g/mol. The molecule has 1 aliphatic rings. The fraction of sp³-hybridized carbons (Fsp3) is 0.0667. The van der Waals surface area contributed by atoms with Crippen molar-refractivity contribution in [3.05, 3.63) is 53.1 Å². The average Bonchev–Trinajstić information content (AvgIpc) is 2.93. The van der Waals surface area contributed by atoms with Crippen molar-refractivity contribution >= 4 is 17.6 Å². The summed E-state index contributed by atoms with van der Waals surface area (Å²) < 4.78 is 36.7. The van der Waals surface area contributed by atoms with Crippen molar-refractivity contribution < 1.29 is 33.0 Å². The lowest BCUT2D eigenvalue weighted by atomic mass is 10.1. The van der Waals surface area contributed by atoms with E-state index >= 15 is 0 Å². The summed E-state index contributed by atoms with van der Waals surface area (Å²) in [5, 5.41) is 11.5. The number of anilines is 1. The van der Waals surface area contributed by atoms with Gasteiger partial charge >= 0.3 is 5.97 Å². The molecule has 0 aliphatic carbocycles. The van der Waals surface area contributed by atoms with Gasteiger partial charge in [0.15, 0.2) is 11.5 Å². The number of hydrogen-bond donors (Lipinski definition) is 2. The van der Waals surface area contributed by atoms with Crippen LogP contribution in [0.15, 0.2) is 30.3 Å². The normalized spacial score (nSPS) is 12.1. The Balaban J connectivity index is 1.96. The number of hydrogen-bond acceptors (Lipinski definition) is 4. The van der Waals surface area contributed by atoms with Crippen molar-refractivity contribution in [2.45, 2.75) is 0 Å². The van der Waals surface area contributed by atoms with Crippen LogP contribution >= 0.6 is 0 Å². The van der Waals surface area contributed by atoms with Crippen molar-refractivity contribution in [2.75, 3.05) is 12.1 Å². The van der Waals surface area contributed by atoms with E-state index in [9.17, 15) is 23.5 Å². The van der Waals surface area contributed by atoms with Gasteiger partial charge in [0.05, 0.1) is 16.8 Å². The first-order chi connectivity index (χ1) is 11.0. The number of carboxylic acid groups (broad SMARTS) is 1. The molecule has 3 rings (SSSR count). The van der Waals surface area contributed by atoms with Gasteiger partial charge in [-0.2, -0.15) is 0 Å². The maximum absolute atomic E-state index is 13.6. The van der Waals surface area contributed by atoms with Crippen LogP contribution in [-0.4, -0.2) is 23.8 Å². The third-order valence-corrected chi connectivity index (χ3v) is 3.17. The van der Waals surface area contributed by atoms with Crippen molar-refractivity contribution in [1.29, 1.82) is 0 Å². The van der Waals surface area contributed by atoms with Crippen LogP contribution in [0.5, 0.6) is 11.5 Å². The standard InChI is InChI=1S/C15H9F2NO5/c16-7-1-2-8(10(17)3-7)14(19)18-11-5-13-12(22-6-23-13)4-9(11)15(20)21/h1-5H,6H2,(H,18,19)(H,20,21). The number of carbonyl (C=O) groups excluding carboxylic acids is 1. The van der Waals surface area contributed by atoms with Gasteiger partial charge in [0, 0.05) is 18.2 Å². The zero-order valence-corrected chi connectivity index (χ0v) is 11.4. The summed E-state index contributed by atoms with van der Waals surface area (Å²) in [6.45, 7) is -0.0710. The van der Waals surface area contributed by atoms with Gasteiger partial charge in [-0.05, 0) is 12.1 Å². The Morgan fingerprint density at radius 2 is 1.74 bits per heavy atom. The average molecular weight is 321 g/mol. The molecule has 0 radical (unpaired) electrons. The molecular formula is C15H9F2NO5. The summed E-state index contributed by atoms with van der Waals surface area (Å²) in [6.07, 6.45) is 0. The SMILES string of the molecule is O=C(Nc1cc2c(cc1C(=O)O)OCO2)c1ccc(F)cc1F. The number of ether oxygens (including phenoxy) is 2. The zero-order valence-electron chi connectivity index (χ0n) is 11.4. The quantitative estimate of drug-likeness (QED) is 0.908. The van der Waals surface area contributed by atoms with E-state index in [1.807, 2.05) is 0 Å². The van der Waals surface area contributed by atoms with E-state index in [-0.39, 0.29) is 29.5 Å². The molecule has 1 heterocycles. The van der Waals surface area contributed by atoms with Gasteiger partial charge in [0.25, 0.3) is 5.91 Å². The molecule has 0 saturated heterocycles. The Hall–Kier alpha value is -3.16. The minimum Gasteiger partial charge on any atom is -0.478 e. The largest absolute Gasteiger partial charge is 0.478 e. The lowest BCUT2D eigenvalue weighted by Gasteiger charge is -2.10. The molecule has 8 heteroatoms. The Morgan fingerprint density at radius 3 is 2.39 bits per heavy atom. The molecule has 2 N–H and O–H groups in total. The Morgan fingerprint density at radius 1 is 1.04 bits per heavy atom. The number of carboxylic acids is 1. The van der Waals surface area contributed by atoms with Crippen LogP contribution in [0.4, 0.5) is 14.5 Å². The van der Waals surface area contributed by atoms with E-state index in [2.05, 4.69) is 5.32 Å². The number of benzene rings is 2. The molecule has 2 aromatic carbocycles. The van der Waals surface area contributed by atoms with Crippen molar-refractivity contribution in [1.82, 2.24) is 0 Å². The maximum atomic E-state index is 13.6. The number of aromatic carboxylic acids is 1. The number of fused-ring (bicyclic) bond motifs is 1. The summed E-state index contributed by atoms with van der Waals surface area (Å²) in [5.41, 5.74) is -0.749. The minimum atomic E-state index is -1.31. The summed E-state index contributed by atoms with van der Waals surface area (Å²) in [5.74, 6) is -3.62. The second-order valence-corrected chi connectivity index (χ2v) is 4.63. The van der Waals surface area contributed by atoms with Crippen LogP contribution in [0.1, 0.15) is 20.7 Å². The monoisotopic (exact) mass is 321 g/mol. The van der Waals surface area contributed by atoms with Gasteiger partial charge in [-0.1, -0.05) is 0 Å². The molecule has 6 nitrogen and oxygen atoms in total. The van der Waals surface area contributed by atoms with Crippen LogP contribution < -0.4 is 14.8 Å². The number of halogens is 2. The molecule has 0 spiro atoms. The smallest absolute Gasteiger partial charge is 0.337 e. The number of rotatable bonds is 3. The van der Waals surface area contributed by atoms with Crippen molar-refractivity contribution in [3.8, 4) is 11.5 Å². The highest BCUT2D eigenvalue weighted by Gasteiger charge is 2.22. The topological polar surface area (TPSA) is 84.9 Å². The maximum Gasteiger partial charge on any atom is 0.337 e. The predicted octanol–water partition coefficient (Wildman–Crippen LogP) is 2.64. The van der Waals surface area contributed by atoms with Gasteiger partial charge in [0.1, 0.15) is 11.6 Å². The zero-order chi connectivity index (χ0) is 16.6. The van der Waals surface area contributed by atoms with Gasteiger partial charge in [-0.3, -0.25) is 4.79 Å². The summed E-state index contributed by atoms with van der Waals surface area (Å²) in [4.78, 5) is 23.4. The van der Waals surface area contributed by atoms with Crippen LogP contribution in [0.3, 0.4) is 0 Å². The molecule has 1 amide bonds. The summed E-state index contributed by atoms with van der Waals surface area (Å²) in [6, 6.07) is 4.92. The van der Waals surface area contributed by atoms with Crippen LogP contribution in [0.2, 0.25) is 0 Å². The van der Waals surface area contributed by atoms with E-state index < -0.39 is 29.1 Å². The first kappa shape index (κ1) is 14.8. The summed E-state index contributed by atoms with van der Waals surface area (Å²) >= 11 is 0. The Bertz CT molecular complexity index is 822. The van der Waals surface area contributed by atoms with Crippen molar-refractivity contribution in [2.24, 2.45) is 0 Å². The molecule has 0 unspecified atom stereocenters. The third-order valence-electron chi connectivity index (χ3n) is 3.17. The lowest BCUT2D eigenvalue weighted by Crippen LogP contribution is -2.16. The predicted molar refractivity (Wildman–Crippen MR) is 73.8 cm³/mol. The number of carbonyl (C=O) groups is 2. The molecule has 1 aliphatic heterocycles. The van der Waals surface area contributed by atoms with Gasteiger partial charge in [-0.25, -0.2) is 13.6 Å². The Labute approximate surface area is 128 Å². The second-order valence-electron chi connectivity index (χ2n) is 4.63. The second kappa shape index (κ2) is 5.56. The molecule has 0 atom stereocenters. The van der Waals surface area contributed by atoms with E-state index in [0.717, 1.165) is 12.1 Å². The fourth-order valence-electron chi connectivity index (χ4n) is 2.09. The highest BCUT2D eigenvalue weighted by molar-refractivity contribution is 6.08. The minimum absolute atomic E-state index is 0.0710. The molecule has 0 aromatic heterocycles. The fourth-order valence-corrected chi connectivity index (χ4v) is 2.09. The number of nitrogens with one attached hydrogen (secondary N) is 1. The number of amides is 1. The molecule has 0 bridgehead atoms. The first-order valence-corrected chi connectivity index (χ1v) is 6.39. The molecule has 23 heavy (non-hydrogen) atoms. The van der Waals surface area contributed by atoms with E-state index in [0.29, 0.717) is 6.07 Å². The first-order valence-electron chi connectivity index (χ1n) is 6.39. The van der Waals surface area contributed by atoms with Crippen LogP contribution in [0.25, 0.3) is 0 Å². The molecule has 0 saturated carbocycles. The van der Waals surface area contributed by atoms with Gasteiger partial charge in [-0.15, -0.1) is 0 Å². The van der Waals surface area contributed by atoms with E-state index in [1.54, 1.807) is 0 Å². The summed E-state index contributed by atoms with van der Waals surface area (Å²) in [7, 11) is 0. The molecule has 0 fully saturated rings. The van der Waals surface area contributed by atoms with E-state index in [4.69, 9.17) is 9.47 Å². The van der Waals surface area contributed by atoms with Crippen LogP contribution in [-0.2, 0) is 0 Å². The van der Waals surface area contributed by atoms with E-state index in [1.165, 1.54) is 12.1 Å². The van der Waals surface area contributed by atoms with Gasteiger partial charge in [0.2, 0.25) is 6.79 Å². The van der Waals surface area contributed by atoms with Crippen LogP contribution in [0, 0.1) is 11.6 Å². The highest BCUT2D eigenvalue weighted by atomic mass is 19.1. The third kappa shape index (κ3) is 2.78. The molecule has 118 valence electrons. The Kier molecular flexibility index (Phi) is 3.57. The lowest BCUT2D eigenvalue weighted by molar-refractivity contribution is 0.0697. The highest BCUT2D eigenvalue weighted by Crippen LogP contribution is 2.37. The van der Waals surface area contributed by atoms with Crippen molar-refractivity contribution in [3.63, 3.8) is 0 Å².